The lowest BCUT2D eigenvalue weighted by Crippen LogP contribution is -2.36. The first-order valence-corrected chi connectivity index (χ1v) is 6.28. The molecule has 0 aromatic carbocycles. The summed E-state index contributed by atoms with van der Waals surface area (Å²) in [5, 5.41) is 3.39. The maximum absolute atomic E-state index is 6.25. The SMILES string of the molecule is C1CC(OC2CC3CCC2C3)CCN1. The Balaban J connectivity index is 1.52. The van der Waals surface area contributed by atoms with E-state index in [1.54, 1.807) is 0 Å². The van der Waals surface area contributed by atoms with Crippen molar-refractivity contribution < 1.29 is 4.74 Å². The summed E-state index contributed by atoms with van der Waals surface area (Å²) in [6, 6.07) is 0. The largest absolute Gasteiger partial charge is 0.375 e. The van der Waals surface area contributed by atoms with Crippen LogP contribution in [0, 0.1) is 11.8 Å². The van der Waals surface area contributed by atoms with Crippen molar-refractivity contribution >= 4 is 0 Å². The molecule has 2 saturated carbocycles. The van der Waals surface area contributed by atoms with E-state index in [1.165, 1.54) is 38.5 Å². The van der Waals surface area contributed by atoms with Crippen LogP contribution in [0.2, 0.25) is 0 Å². The summed E-state index contributed by atoms with van der Waals surface area (Å²) in [7, 11) is 0. The third-order valence-corrected chi connectivity index (χ3v) is 4.33. The zero-order chi connectivity index (χ0) is 9.38. The topological polar surface area (TPSA) is 21.3 Å². The first-order valence-electron chi connectivity index (χ1n) is 6.28. The normalized spacial score (nSPS) is 43.3. The number of fused-ring (bicyclic) bond motifs is 2. The molecule has 3 unspecified atom stereocenters. The van der Waals surface area contributed by atoms with Crippen LogP contribution in [-0.2, 0) is 4.74 Å². The third-order valence-electron chi connectivity index (χ3n) is 4.33. The molecule has 0 radical (unpaired) electrons. The Hall–Kier alpha value is -0.0800. The standard InChI is InChI=1S/C12H21NO/c1-2-10-7-9(1)8-12(10)14-11-3-5-13-6-4-11/h9-13H,1-8H2. The molecule has 3 atom stereocenters. The van der Waals surface area contributed by atoms with E-state index in [-0.39, 0.29) is 0 Å². The van der Waals surface area contributed by atoms with Gasteiger partial charge in [-0.05, 0) is 63.5 Å². The van der Waals surface area contributed by atoms with Crippen molar-refractivity contribution in [2.45, 2.75) is 50.7 Å². The molecule has 2 heteroatoms. The summed E-state index contributed by atoms with van der Waals surface area (Å²) < 4.78 is 6.25. The van der Waals surface area contributed by atoms with Gasteiger partial charge >= 0.3 is 0 Å². The monoisotopic (exact) mass is 195 g/mol. The highest BCUT2D eigenvalue weighted by molar-refractivity contribution is 4.91. The number of nitrogens with one attached hydrogen (secondary N) is 1. The van der Waals surface area contributed by atoms with E-state index in [1.807, 2.05) is 0 Å². The van der Waals surface area contributed by atoms with Crippen LogP contribution in [0.25, 0.3) is 0 Å². The molecule has 3 aliphatic rings. The quantitative estimate of drug-likeness (QED) is 0.727. The molecule has 14 heavy (non-hydrogen) atoms. The number of piperidine rings is 1. The number of ether oxygens (including phenoxy) is 1. The molecule has 3 rings (SSSR count). The van der Waals surface area contributed by atoms with Crippen molar-refractivity contribution in [3.63, 3.8) is 0 Å². The lowest BCUT2D eigenvalue weighted by atomic mass is 9.97. The molecule has 0 spiro atoms. The molecule has 2 bridgehead atoms. The van der Waals surface area contributed by atoms with Gasteiger partial charge in [0.15, 0.2) is 0 Å². The smallest absolute Gasteiger partial charge is 0.0609 e. The Morgan fingerprint density at radius 1 is 0.929 bits per heavy atom. The third kappa shape index (κ3) is 1.70. The van der Waals surface area contributed by atoms with Gasteiger partial charge in [-0.2, -0.15) is 0 Å². The molecule has 3 fully saturated rings. The van der Waals surface area contributed by atoms with Gasteiger partial charge in [0.1, 0.15) is 0 Å². The molecule has 2 aliphatic carbocycles. The Labute approximate surface area is 86.4 Å². The van der Waals surface area contributed by atoms with Crippen LogP contribution >= 0.6 is 0 Å². The molecule has 1 saturated heterocycles. The van der Waals surface area contributed by atoms with Crippen molar-refractivity contribution in [1.82, 2.24) is 5.32 Å². The van der Waals surface area contributed by atoms with E-state index in [4.69, 9.17) is 4.74 Å². The van der Waals surface area contributed by atoms with Gasteiger partial charge in [0.2, 0.25) is 0 Å². The van der Waals surface area contributed by atoms with E-state index in [0.717, 1.165) is 24.9 Å². The number of rotatable bonds is 2. The molecule has 0 aromatic heterocycles. The fourth-order valence-corrected chi connectivity index (χ4v) is 3.53. The molecule has 0 aromatic rings. The Kier molecular flexibility index (Phi) is 2.50. The molecule has 1 aliphatic heterocycles. The average Bonchev–Trinajstić information content (AvgIpc) is 2.81. The van der Waals surface area contributed by atoms with Crippen LogP contribution in [-0.4, -0.2) is 25.3 Å². The van der Waals surface area contributed by atoms with E-state index >= 15 is 0 Å². The molecular formula is C12H21NO. The minimum absolute atomic E-state index is 0.570. The minimum atomic E-state index is 0.570. The Morgan fingerprint density at radius 2 is 1.79 bits per heavy atom. The number of hydrogen-bond donors (Lipinski definition) is 1. The fourth-order valence-electron chi connectivity index (χ4n) is 3.53. The van der Waals surface area contributed by atoms with Crippen LogP contribution in [0.5, 0.6) is 0 Å². The minimum Gasteiger partial charge on any atom is -0.375 e. The van der Waals surface area contributed by atoms with E-state index < -0.39 is 0 Å². The van der Waals surface area contributed by atoms with E-state index in [9.17, 15) is 0 Å². The fraction of sp³-hybridized carbons (Fsp3) is 1.00. The van der Waals surface area contributed by atoms with Gasteiger partial charge in [0, 0.05) is 0 Å². The van der Waals surface area contributed by atoms with Crippen molar-refractivity contribution in [1.29, 1.82) is 0 Å². The summed E-state index contributed by atoms with van der Waals surface area (Å²) in [6.07, 6.45) is 9.43. The van der Waals surface area contributed by atoms with Gasteiger partial charge in [-0.15, -0.1) is 0 Å². The number of hydrogen-bond acceptors (Lipinski definition) is 2. The lowest BCUT2D eigenvalue weighted by Gasteiger charge is -2.30. The molecule has 1 N–H and O–H groups in total. The van der Waals surface area contributed by atoms with Crippen LogP contribution in [0.3, 0.4) is 0 Å². The van der Waals surface area contributed by atoms with E-state index in [0.29, 0.717) is 12.2 Å². The molecule has 2 nitrogen and oxygen atoms in total. The first kappa shape index (κ1) is 9.17. The van der Waals surface area contributed by atoms with Gasteiger partial charge in [-0.3, -0.25) is 0 Å². The highest BCUT2D eigenvalue weighted by atomic mass is 16.5. The highest BCUT2D eigenvalue weighted by Gasteiger charge is 2.41. The maximum Gasteiger partial charge on any atom is 0.0609 e. The van der Waals surface area contributed by atoms with Gasteiger partial charge in [-0.25, -0.2) is 0 Å². The predicted octanol–water partition coefficient (Wildman–Crippen LogP) is 1.94. The maximum atomic E-state index is 6.25. The summed E-state index contributed by atoms with van der Waals surface area (Å²) in [6.45, 7) is 2.32. The van der Waals surface area contributed by atoms with Crippen molar-refractivity contribution in [3.05, 3.63) is 0 Å². The van der Waals surface area contributed by atoms with Crippen molar-refractivity contribution in [3.8, 4) is 0 Å². The zero-order valence-electron chi connectivity index (χ0n) is 8.87. The highest BCUT2D eigenvalue weighted by Crippen LogP contribution is 2.46. The van der Waals surface area contributed by atoms with Crippen LogP contribution in [0.1, 0.15) is 38.5 Å². The van der Waals surface area contributed by atoms with Gasteiger partial charge in [0.25, 0.3) is 0 Å². The van der Waals surface area contributed by atoms with Crippen molar-refractivity contribution in [2.24, 2.45) is 11.8 Å². The summed E-state index contributed by atoms with van der Waals surface area (Å²) >= 11 is 0. The second kappa shape index (κ2) is 3.82. The molecule has 1 heterocycles. The molecule has 80 valence electrons. The van der Waals surface area contributed by atoms with E-state index in [2.05, 4.69) is 5.32 Å². The molecule has 0 amide bonds. The van der Waals surface area contributed by atoms with Crippen LogP contribution in [0.4, 0.5) is 0 Å². The summed E-state index contributed by atoms with van der Waals surface area (Å²) in [4.78, 5) is 0. The second-order valence-electron chi connectivity index (χ2n) is 5.30. The summed E-state index contributed by atoms with van der Waals surface area (Å²) in [5.41, 5.74) is 0. The van der Waals surface area contributed by atoms with Crippen LogP contribution in [0.15, 0.2) is 0 Å². The predicted molar refractivity (Wildman–Crippen MR) is 56.2 cm³/mol. The lowest BCUT2D eigenvalue weighted by molar-refractivity contribution is -0.0509. The zero-order valence-corrected chi connectivity index (χ0v) is 8.87. The summed E-state index contributed by atoms with van der Waals surface area (Å²) in [5.74, 6) is 1.95. The van der Waals surface area contributed by atoms with Gasteiger partial charge in [-0.1, -0.05) is 0 Å². The van der Waals surface area contributed by atoms with Crippen molar-refractivity contribution in [2.75, 3.05) is 13.1 Å². The van der Waals surface area contributed by atoms with Gasteiger partial charge < -0.3 is 10.1 Å². The second-order valence-corrected chi connectivity index (χ2v) is 5.30. The Bertz CT molecular complexity index is 200. The Morgan fingerprint density at radius 3 is 2.43 bits per heavy atom. The van der Waals surface area contributed by atoms with Crippen LogP contribution < -0.4 is 5.32 Å². The first-order chi connectivity index (χ1) is 6.92. The van der Waals surface area contributed by atoms with Gasteiger partial charge in [0.05, 0.1) is 12.2 Å². The average molecular weight is 195 g/mol. The molecular weight excluding hydrogens is 174 g/mol.